The van der Waals surface area contributed by atoms with Crippen molar-refractivity contribution in [1.82, 2.24) is 5.32 Å². The van der Waals surface area contributed by atoms with Crippen molar-refractivity contribution in [3.05, 3.63) is 35.4 Å². The smallest absolute Gasteiger partial charge is 0.0291 e. The number of unbranched alkanes of at least 4 members (excludes halogenated alkanes) is 3. The van der Waals surface area contributed by atoms with Crippen LogP contribution in [0, 0.1) is 5.92 Å². The number of benzene rings is 1. The van der Waals surface area contributed by atoms with Crippen LogP contribution in [0.15, 0.2) is 24.3 Å². The molecule has 0 saturated heterocycles. The fourth-order valence-electron chi connectivity index (χ4n) is 2.73. The molecule has 0 aliphatic carbocycles. The van der Waals surface area contributed by atoms with Gasteiger partial charge >= 0.3 is 0 Å². The van der Waals surface area contributed by atoms with Crippen molar-refractivity contribution in [2.45, 2.75) is 78.7 Å². The van der Waals surface area contributed by atoms with Crippen molar-refractivity contribution in [1.29, 1.82) is 0 Å². The van der Waals surface area contributed by atoms with Gasteiger partial charge in [-0.25, -0.2) is 0 Å². The molecule has 0 saturated carbocycles. The maximum atomic E-state index is 3.65. The lowest BCUT2D eigenvalue weighted by Gasteiger charge is -2.15. The van der Waals surface area contributed by atoms with Gasteiger partial charge in [-0.1, -0.05) is 77.1 Å². The molecule has 0 aliphatic rings. The van der Waals surface area contributed by atoms with Gasteiger partial charge in [0.2, 0.25) is 0 Å². The molecule has 0 amide bonds. The van der Waals surface area contributed by atoms with E-state index in [0.717, 1.165) is 12.5 Å². The Hall–Kier alpha value is -0.820. The Labute approximate surface area is 132 Å². The molecule has 0 aliphatic heterocycles. The van der Waals surface area contributed by atoms with Crippen LogP contribution in [-0.2, 0) is 6.42 Å². The highest BCUT2D eigenvalue weighted by molar-refractivity contribution is 5.24. The molecule has 1 N–H and O–H groups in total. The van der Waals surface area contributed by atoms with Crippen LogP contribution >= 0.6 is 0 Å². The zero-order chi connectivity index (χ0) is 15.5. The summed E-state index contributed by atoms with van der Waals surface area (Å²) in [6.07, 6.45) is 9.25. The highest BCUT2D eigenvalue weighted by atomic mass is 14.9. The normalized spacial score (nSPS) is 12.8. The van der Waals surface area contributed by atoms with E-state index in [4.69, 9.17) is 0 Å². The van der Waals surface area contributed by atoms with E-state index >= 15 is 0 Å². The minimum Gasteiger partial charge on any atom is -0.310 e. The predicted octanol–water partition coefficient (Wildman–Crippen LogP) is 5.90. The minimum atomic E-state index is 0.469. The van der Waals surface area contributed by atoms with Gasteiger partial charge in [0.1, 0.15) is 0 Å². The van der Waals surface area contributed by atoms with Crippen LogP contribution in [0.2, 0.25) is 0 Å². The summed E-state index contributed by atoms with van der Waals surface area (Å²) in [6, 6.07) is 9.60. The number of aryl methyl sites for hydroxylation is 1. The summed E-state index contributed by atoms with van der Waals surface area (Å²) in [7, 11) is 0. The first-order valence-electron chi connectivity index (χ1n) is 8.95. The number of hydrogen-bond donors (Lipinski definition) is 1. The molecule has 0 fully saturated rings. The Balaban J connectivity index is 2.14. The molecule has 0 bridgehead atoms. The van der Waals surface area contributed by atoms with E-state index in [1.165, 1.54) is 56.1 Å². The average molecular weight is 290 g/mol. The average Bonchev–Trinajstić information content (AvgIpc) is 2.47. The monoisotopic (exact) mass is 289 g/mol. The van der Waals surface area contributed by atoms with E-state index < -0.39 is 0 Å². The van der Waals surface area contributed by atoms with Gasteiger partial charge in [0, 0.05) is 6.04 Å². The van der Waals surface area contributed by atoms with Gasteiger partial charge in [0.25, 0.3) is 0 Å². The summed E-state index contributed by atoms with van der Waals surface area (Å²) >= 11 is 0. The maximum Gasteiger partial charge on any atom is 0.0291 e. The first-order chi connectivity index (χ1) is 10.1. The van der Waals surface area contributed by atoms with Crippen LogP contribution in [0.25, 0.3) is 0 Å². The van der Waals surface area contributed by atoms with Crippen molar-refractivity contribution >= 4 is 0 Å². The SMILES string of the molecule is CCCc1ccc(C(C)NCCCCCCC(C)C)cc1. The van der Waals surface area contributed by atoms with Crippen molar-refractivity contribution in [2.24, 2.45) is 5.92 Å². The largest absolute Gasteiger partial charge is 0.310 e. The molecular formula is C20H35N. The summed E-state index contributed by atoms with van der Waals surface area (Å²) in [5.41, 5.74) is 2.87. The molecule has 0 aromatic heterocycles. The minimum absolute atomic E-state index is 0.469. The molecule has 1 aromatic carbocycles. The van der Waals surface area contributed by atoms with Crippen LogP contribution in [0.5, 0.6) is 0 Å². The van der Waals surface area contributed by atoms with E-state index in [2.05, 4.69) is 57.3 Å². The quantitative estimate of drug-likeness (QED) is 0.500. The summed E-state index contributed by atoms with van der Waals surface area (Å²) in [4.78, 5) is 0. The first-order valence-corrected chi connectivity index (χ1v) is 8.95. The third-order valence-electron chi connectivity index (χ3n) is 4.18. The van der Waals surface area contributed by atoms with Crippen LogP contribution in [0.3, 0.4) is 0 Å². The summed E-state index contributed by atoms with van der Waals surface area (Å²) in [6.45, 7) is 10.3. The number of hydrogen-bond acceptors (Lipinski definition) is 1. The maximum absolute atomic E-state index is 3.65. The predicted molar refractivity (Wildman–Crippen MR) is 94.8 cm³/mol. The number of rotatable bonds is 11. The van der Waals surface area contributed by atoms with Crippen LogP contribution in [0.4, 0.5) is 0 Å². The lowest BCUT2D eigenvalue weighted by atomic mass is 10.0. The van der Waals surface area contributed by atoms with E-state index in [-0.39, 0.29) is 0 Å². The fraction of sp³-hybridized carbons (Fsp3) is 0.700. The van der Waals surface area contributed by atoms with Crippen LogP contribution in [-0.4, -0.2) is 6.54 Å². The van der Waals surface area contributed by atoms with Gasteiger partial charge in [-0.2, -0.15) is 0 Å². The zero-order valence-electron chi connectivity index (χ0n) is 14.6. The molecule has 1 rings (SSSR count). The van der Waals surface area contributed by atoms with E-state index in [0.29, 0.717) is 6.04 Å². The molecule has 1 nitrogen and oxygen atoms in total. The van der Waals surface area contributed by atoms with Gasteiger partial charge in [0.15, 0.2) is 0 Å². The summed E-state index contributed by atoms with van der Waals surface area (Å²) < 4.78 is 0. The van der Waals surface area contributed by atoms with E-state index in [1.807, 2.05) is 0 Å². The molecule has 21 heavy (non-hydrogen) atoms. The lowest BCUT2D eigenvalue weighted by molar-refractivity contribution is 0.498. The third kappa shape index (κ3) is 8.26. The molecular weight excluding hydrogens is 254 g/mol. The molecule has 1 atom stereocenters. The molecule has 0 heterocycles. The molecule has 120 valence electrons. The zero-order valence-corrected chi connectivity index (χ0v) is 14.6. The Morgan fingerprint density at radius 1 is 0.905 bits per heavy atom. The molecule has 1 heteroatoms. The molecule has 1 unspecified atom stereocenters. The topological polar surface area (TPSA) is 12.0 Å². The van der Waals surface area contributed by atoms with Gasteiger partial charge < -0.3 is 5.32 Å². The van der Waals surface area contributed by atoms with E-state index in [9.17, 15) is 0 Å². The Bertz CT molecular complexity index is 353. The fourth-order valence-corrected chi connectivity index (χ4v) is 2.73. The van der Waals surface area contributed by atoms with Crippen molar-refractivity contribution < 1.29 is 0 Å². The van der Waals surface area contributed by atoms with Crippen molar-refractivity contribution in [2.75, 3.05) is 6.54 Å². The second-order valence-electron chi connectivity index (χ2n) is 6.76. The highest BCUT2D eigenvalue weighted by Gasteiger charge is 2.04. The van der Waals surface area contributed by atoms with Gasteiger partial charge in [0.05, 0.1) is 0 Å². The molecule has 0 radical (unpaired) electrons. The summed E-state index contributed by atoms with van der Waals surface area (Å²) in [5, 5.41) is 3.65. The second-order valence-corrected chi connectivity index (χ2v) is 6.76. The number of nitrogens with one attached hydrogen (secondary N) is 1. The Morgan fingerprint density at radius 3 is 2.19 bits per heavy atom. The summed E-state index contributed by atoms with van der Waals surface area (Å²) in [5.74, 6) is 0.860. The second kappa shape index (κ2) is 10.8. The molecule has 1 aromatic rings. The molecule has 0 spiro atoms. The first kappa shape index (κ1) is 18.2. The van der Waals surface area contributed by atoms with Gasteiger partial charge in [-0.3, -0.25) is 0 Å². The van der Waals surface area contributed by atoms with E-state index in [1.54, 1.807) is 0 Å². The van der Waals surface area contributed by atoms with Gasteiger partial charge in [-0.05, 0) is 43.4 Å². The van der Waals surface area contributed by atoms with Crippen LogP contribution < -0.4 is 5.32 Å². The van der Waals surface area contributed by atoms with Gasteiger partial charge in [-0.15, -0.1) is 0 Å². The Kier molecular flexibility index (Phi) is 9.41. The standard InChI is InChI=1S/C20H35N/c1-5-10-19-12-14-20(15-13-19)18(4)21-16-9-7-6-8-11-17(2)3/h12-15,17-18,21H,5-11,16H2,1-4H3. The third-order valence-corrected chi connectivity index (χ3v) is 4.18. The Morgan fingerprint density at radius 2 is 1.57 bits per heavy atom. The van der Waals surface area contributed by atoms with Crippen LogP contribution in [0.1, 0.15) is 83.4 Å². The lowest BCUT2D eigenvalue weighted by Crippen LogP contribution is -2.19. The van der Waals surface area contributed by atoms with Crippen molar-refractivity contribution in [3.8, 4) is 0 Å². The highest BCUT2D eigenvalue weighted by Crippen LogP contribution is 2.15. The van der Waals surface area contributed by atoms with Crippen molar-refractivity contribution in [3.63, 3.8) is 0 Å².